The van der Waals surface area contributed by atoms with Gasteiger partial charge in [0.05, 0.1) is 10.4 Å². The van der Waals surface area contributed by atoms with Crippen molar-refractivity contribution in [2.24, 2.45) is 5.41 Å². The lowest BCUT2D eigenvalue weighted by Crippen LogP contribution is -2.50. The largest absolute Gasteiger partial charge is 0.481 e. The van der Waals surface area contributed by atoms with Crippen LogP contribution in [-0.2, 0) is 17.8 Å². The van der Waals surface area contributed by atoms with Crippen LogP contribution in [0, 0.1) is 25.1 Å². The van der Waals surface area contributed by atoms with Crippen LogP contribution in [0.1, 0.15) is 48.7 Å². The number of aromatic nitrogens is 3. The Kier molecular flexibility index (Phi) is 7.42. The number of H-pyrrole nitrogens is 1. The van der Waals surface area contributed by atoms with Crippen molar-refractivity contribution in [2.75, 3.05) is 11.9 Å². The molecule has 0 bridgehead atoms. The third-order valence-corrected chi connectivity index (χ3v) is 7.31. The van der Waals surface area contributed by atoms with E-state index in [4.69, 9.17) is 16.6 Å². The molecule has 1 aliphatic rings. The monoisotopic (exact) mass is 499 g/mol. The maximum Gasteiger partial charge on any atom is 0.310 e. The Morgan fingerprint density at radius 2 is 2.11 bits per heavy atom. The molecule has 0 saturated carbocycles. The summed E-state index contributed by atoms with van der Waals surface area (Å²) in [7, 11) is 0. The number of carboxylic acids is 1. The minimum Gasteiger partial charge on any atom is -0.481 e. The van der Waals surface area contributed by atoms with Gasteiger partial charge in [0.25, 0.3) is 0 Å². The Morgan fingerprint density at radius 3 is 2.80 bits per heavy atom. The summed E-state index contributed by atoms with van der Waals surface area (Å²) in [6, 6.07) is 10.7. The van der Waals surface area contributed by atoms with Crippen LogP contribution in [0.3, 0.4) is 0 Å². The Morgan fingerprint density at radius 1 is 1.31 bits per heavy atom. The number of carbonyl (C=O) groups is 1. The molecule has 0 unspecified atom stereocenters. The van der Waals surface area contributed by atoms with Gasteiger partial charge in [-0.1, -0.05) is 36.7 Å². The lowest BCUT2D eigenvalue weighted by Gasteiger charge is -2.44. The molecule has 2 aromatic heterocycles. The van der Waals surface area contributed by atoms with Crippen LogP contribution < -0.4 is 5.32 Å². The fourth-order valence-electron chi connectivity index (χ4n) is 4.91. The third kappa shape index (κ3) is 5.49. The molecule has 186 valence electrons. The van der Waals surface area contributed by atoms with Gasteiger partial charge in [0.1, 0.15) is 11.6 Å². The smallest absolute Gasteiger partial charge is 0.310 e. The molecule has 1 fully saturated rings. The molecule has 0 amide bonds. The van der Waals surface area contributed by atoms with Crippen molar-refractivity contribution in [3.05, 3.63) is 69.8 Å². The van der Waals surface area contributed by atoms with Crippen molar-refractivity contribution in [2.45, 2.75) is 59.0 Å². The summed E-state index contributed by atoms with van der Waals surface area (Å²) >= 11 is 5.97. The van der Waals surface area contributed by atoms with Crippen LogP contribution in [0.5, 0.6) is 0 Å². The first-order valence-electron chi connectivity index (χ1n) is 11.9. The average Bonchev–Trinajstić information content (AvgIpc) is 3.24. The standard InChI is InChI=1S/C26H31ClFN5O2/c1-4-19-13-26(25(34)35,10-11-33(19)15-18-6-5-7-20(27)24(18)28)14-21-16(2)8-9-22(29-21)30-23-12-17(3)31-32-23/h5-9,12,19H,4,10-11,13-15H2,1-3H3,(H,34,35)(H2,29,30,31,32)/t19-,26-/m1/s1. The van der Waals surface area contributed by atoms with Crippen LogP contribution in [0.15, 0.2) is 36.4 Å². The summed E-state index contributed by atoms with van der Waals surface area (Å²) in [5.74, 6) is 0.0614. The number of rotatable bonds is 8. The lowest BCUT2D eigenvalue weighted by atomic mass is 9.71. The number of piperidine rings is 1. The predicted molar refractivity (Wildman–Crippen MR) is 134 cm³/mol. The second kappa shape index (κ2) is 10.3. The average molecular weight is 500 g/mol. The molecule has 7 nitrogen and oxygen atoms in total. The molecule has 3 heterocycles. The number of aromatic amines is 1. The van der Waals surface area contributed by atoms with Crippen LogP contribution >= 0.6 is 11.6 Å². The Labute approximate surface area is 209 Å². The van der Waals surface area contributed by atoms with Gasteiger partial charge < -0.3 is 10.4 Å². The van der Waals surface area contributed by atoms with Gasteiger partial charge in [-0.15, -0.1) is 0 Å². The molecule has 3 N–H and O–H groups in total. The van der Waals surface area contributed by atoms with Crippen molar-refractivity contribution < 1.29 is 14.3 Å². The highest BCUT2D eigenvalue weighted by atomic mass is 35.5. The number of aliphatic carboxylic acids is 1. The van der Waals surface area contributed by atoms with E-state index >= 15 is 0 Å². The highest BCUT2D eigenvalue weighted by molar-refractivity contribution is 6.30. The van der Waals surface area contributed by atoms with Crippen molar-refractivity contribution >= 4 is 29.2 Å². The molecular formula is C26H31ClFN5O2. The number of hydrogen-bond donors (Lipinski definition) is 3. The quantitative estimate of drug-likeness (QED) is 0.371. The molecule has 1 aromatic carbocycles. The predicted octanol–water partition coefficient (Wildman–Crippen LogP) is 5.65. The lowest BCUT2D eigenvalue weighted by molar-refractivity contribution is -0.154. The van der Waals surface area contributed by atoms with Gasteiger partial charge in [0, 0.05) is 42.0 Å². The van der Waals surface area contributed by atoms with Crippen LogP contribution in [0.2, 0.25) is 5.02 Å². The molecule has 0 aliphatic carbocycles. The maximum absolute atomic E-state index is 14.5. The van der Waals surface area contributed by atoms with Gasteiger partial charge in [-0.2, -0.15) is 5.10 Å². The number of nitrogens with one attached hydrogen (secondary N) is 2. The second-order valence-corrected chi connectivity index (χ2v) is 9.89. The SMILES string of the molecule is CC[C@@H]1C[C@](Cc2nc(Nc3cc(C)[nH]n3)ccc2C)(C(=O)O)CCN1Cc1cccc(Cl)c1F. The summed E-state index contributed by atoms with van der Waals surface area (Å²) < 4.78 is 14.5. The van der Waals surface area contributed by atoms with E-state index in [1.54, 1.807) is 12.1 Å². The van der Waals surface area contributed by atoms with Crippen LogP contribution in [0.25, 0.3) is 0 Å². The fraction of sp³-hybridized carbons (Fsp3) is 0.423. The van der Waals surface area contributed by atoms with E-state index in [1.807, 2.05) is 39.0 Å². The number of nitrogens with zero attached hydrogens (tertiary/aromatic N) is 3. The normalized spacial score (nSPS) is 20.7. The number of benzene rings is 1. The molecule has 35 heavy (non-hydrogen) atoms. The van der Waals surface area contributed by atoms with Crippen LogP contribution in [0.4, 0.5) is 16.0 Å². The Bertz CT molecular complexity index is 1220. The Balaban J connectivity index is 1.54. The number of pyridine rings is 1. The Hall–Kier alpha value is -2.97. The zero-order valence-electron chi connectivity index (χ0n) is 20.2. The van der Waals surface area contributed by atoms with E-state index in [0.717, 1.165) is 23.4 Å². The number of likely N-dealkylation sites (tertiary alicyclic amines) is 1. The molecular weight excluding hydrogens is 469 g/mol. The zero-order valence-corrected chi connectivity index (χ0v) is 21.0. The summed E-state index contributed by atoms with van der Waals surface area (Å²) in [4.78, 5) is 19.6. The van der Waals surface area contributed by atoms with Gasteiger partial charge in [-0.25, -0.2) is 9.37 Å². The molecule has 1 aliphatic heterocycles. The van der Waals surface area contributed by atoms with Crippen molar-refractivity contribution in [3.8, 4) is 0 Å². The van der Waals surface area contributed by atoms with E-state index < -0.39 is 17.2 Å². The maximum atomic E-state index is 14.5. The number of anilines is 2. The summed E-state index contributed by atoms with van der Waals surface area (Å²) in [6.07, 6.45) is 2.03. The number of hydrogen-bond acceptors (Lipinski definition) is 5. The first-order chi connectivity index (χ1) is 16.7. The molecule has 0 radical (unpaired) electrons. The second-order valence-electron chi connectivity index (χ2n) is 9.48. The highest BCUT2D eigenvalue weighted by Gasteiger charge is 2.45. The molecule has 4 rings (SSSR count). The van der Waals surface area contributed by atoms with Gasteiger partial charge in [-0.3, -0.25) is 14.8 Å². The van der Waals surface area contributed by atoms with E-state index in [1.165, 1.54) is 6.07 Å². The number of aryl methyl sites for hydroxylation is 2. The first kappa shape index (κ1) is 25.1. The van der Waals surface area contributed by atoms with Gasteiger partial charge in [0.15, 0.2) is 5.82 Å². The summed E-state index contributed by atoms with van der Waals surface area (Å²) in [5.41, 5.74) is 2.23. The van der Waals surface area contributed by atoms with E-state index in [-0.39, 0.29) is 11.1 Å². The fourth-order valence-corrected chi connectivity index (χ4v) is 5.10. The molecule has 2 atom stereocenters. The number of carboxylic acid groups (broad SMARTS) is 1. The summed E-state index contributed by atoms with van der Waals surface area (Å²) in [5, 5.41) is 20.7. The summed E-state index contributed by atoms with van der Waals surface area (Å²) in [6.45, 7) is 6.87. The minimum absolute atomic E-state index is 0.00637. The van der Waals surface area contributed by atoms with Gasteiger partial charge >= 0.3 is 5.97 Å². The molecule has 0 spiro atoms. The first-order valence-corrected chi connectivity index (χ1v) is 12.2. The third-order valence-electron chi connectivity index (χ3n) is 7.02. The topological polar surface area (TPSA) is 94.1 Å². The van der Waals surface area contributed by atoms with E-state index in [2.05, 4.69) is 20.4 Å². The van der Waals surface area contributed by atoms with E-state index in [0.29, 0.717) is 49.6 Å². The van der Waals surface area contributed by atoms with E-state index in [9.17, 15) is 14.3 Å². The van der Waals surface area contributed by atoms with Crippen molar-refractivity contribution in [1.29, 1.82) is 0 Å². The molecule has 9 heteroatoms. The minimum atomic E-state index is -0.941. The van der Waals surface area contributed by atoms with Gasteiger partial charge in [-0.05, 0) is 57.4 Å². The highest BCUT2D eigenvalue weighted by Crippen LogP contribution is 2.40. The van der Waals surface area contributed by atoms with Crippen molar-refractivity contribution in [1.82, 2.24) is 20.1 Å². The van der Waals surface area contributed by atoms with Crippen LogP contribution in [-0.4, -0.2) is 43.7 Å². The van der Waals surface area contributed by atoms with Gasteiger partial charge in [0.2, 0.25) is 0 Å². The zero-order chi connectivity index (χ0) is 25.2. The molecule has 3 aromatic rings. The molecule has 1 saturated heterocycles. The van der Waals surface area contributed by atoms with Crippen molar-refractivity contribution in [3.63, 3.8) is 0 Å². The number of halogens is 2.